The van der Waals surface area contributed by atoms with Crippen LogP contribution >= 0.6 is 0 Å². The van der Waals surface area contributed by atoms with Crippen molar-refractivity contribution in [3.8, 4) is 5.75 Å². The smallest absolute Gasteiger partial charge is 0.416 e. The molecule has 12 heteroatoms. The van der Waals surface area contributed by atoms with E-state index >= 15 is 0 Å². The highest BCUT2D eigenvalue weighted by Gasteiger charge is 2.38. The van der Waals surface area contributed by atoms with Gasteiger partial charge in [0, 0.05) is 7.05 Å². The standard InChI is InChI=1S/C20H14F4N6O2/c1-29(15-7-32-16-3-9(20(22,23)24)2-10(21)17(15)16)19(31)11-4-13-12(5-27-11)28-18(25)14-6-26-8-30(13)14/h2-6,8,15H,7H2,1H3,(H2,25,28). The van der Waals surface area contributed by atoms with Crippen LogP contribution in [0.2, 0.25) is 0 Å². The highest BCUT2D eigenvalue weighted by molar-refractivity contribution is 5.96. The lowest BCUT2D eigenvalue weighted by Gasteiger charge is -2.23. The first kappa shape index (κ1) is 20.0. The third-order valence-corrected chi connectivity index (χ3v) is 5.42. The molecule has 164 valence electrons. The quantitative estimate of drug-likeness (QED) is 0.475. The summed E-state index contributed by atoms with van der Waals surface area (Å²) in [6, 6.07) is 1.71. The Morgan fingerprint density at radius 3 is 2.78 bits per heavy atom. The van der Waals surface area contributed by atoms with Gasteiger partial charge in [0.25, 0.3) is 5.91 Å². The molecule has 0 bridgehead atoms. The van der Waals surface area contributed by atoms with Gasteiger partial charge in [-0.1, -0.05) is 0 Å². The molecule has 1 aliphatic heterocycles. The normalized spacial score (nSPS) is 15.7. The van der Waals surface area contributed by atoms with Gasteiger partial charge in [0.05, 0.1) is 41.4 Å². The molecule has 1 amide bonds. The van der Waals surface area contributed by atoms with E-state index in [0.29, 0.717) is 22.6 Å². The number of likely N-dealkylation sites (N-methyl/N-ethyl adjacent to an activating group) is 1. The van der Waals surface area contributed by atoms with Gasteiger partial charge >= 0.3 is 6.18 Å². The summed E-state index contributed by atoms with van der Waals surface area (Å²) in [7, 11) is 1.41. The number of fused-ring (bicyclic) bond motifs is 4. The fraction of sp³-hybridized carbons (Fsp3) is 0.200. The highest BCUT2D eigenvalue weighted by atomic mass is 19.4. The third-order valence-electron chi connectivity index (χ3n) is 5.42. The number of imidazole rings is 1. The Morgan fingerprint density at radius 2 is 2.03 bits per heavy atom. The molecule has 3 aromatic heterocycles. The predicted molar refractivity (Wildman–Crippen MR) is 104 cm³/mol. The monoisotopic (exact) mass is 446 g/mol. The van der Waals surface area contributed by atoms with Crippen molar-refractivity contribution in [3.05, 3.63) is 59.6 Å². The Hall–Kier alpha value is -3.96. The van der Waals surface area contributed by atoms with Gasteiger partial charge in [0.2, 0.25) is 0 Å². The number of anilines is 1. The van der Waals surface area contributed by atoms with Crippen LogP contribution in [-0.2, 0) is 6.18 Å². The summed E-state index contributed by atoms with van der Waals surface area (Å²) in [4.78, 5) is 26.7. The topological polar surface area (TPSA) is 98.6 Å². The van der Waals surface area contributed by atoms with Crippen molar-refractivity contribution in [2.45, 2.75) is 12.2 Å². The molecule has 1 aromatic carbocycles. The fourth-order valence-electron chi connectivity index (χ4n) is 3.78. The second-order valence-electron chi connectivity index (χ2n) is 7.31. The van der Waals surface area contributed by atoms with Crippen molar-refractivity contribution >= 4 is 28.3 Å². The molecule has 0 fully saturated rings. The number of carbonyl (C=O) groups is 1. The Morgan fingerprint density at radius 1 is 1.25 bits per heavy atom. The lowest BCUT2D eigenvalue weighted by Crippen LogP contribution is -2.33. The number of pyridine rings is 1. The molecular weight excluding hydrogens is 432 g/mol. The molecule has 0 radical (unpaired) electrons. The van der Waals surface area contributed by atoms with Gasteiger partial charge in [-0.2, -0.15) is 13.2 Å². The number of nitrogen functional groups attached to an aromatic ring is 1. The minimum Gasteiger partial charge on any atom is -0.491 e. The van der Waals surface area contributed by atoms with Gasteiger partial charge < -0.3 is 15.4 Å². The number of rotatable bonds is 2. The molecule has 2 N–H and O–H groups in total. The molecule has 1 aliphatic rings. The van der Waals surface area contributed by atoms with Crippen LogP contribution in [0.4, 0.5) is 23.4 Å². The molecule has 1 atom stereocenters. The van der Waals surface area contributed by atoms with Crippen LogP contribution in [0.5, 0.6) is 5.75 Å². The van der Waals surface area contributed by atoms with Gasteiger partial charge in [0.1, 0.15) is 40.7 Å². The van der Waals surface area contributed by atoms with E-state index in [2.05, 4.69) is 15.0 Å². The zero-order valence-electron chi connectivity index (χ0n) is 16.4. The Labute approximate surface area is 177 Å². The van der Waals surface area contributed by atoms with Crippen molar-refractivity contribution in [2.75, 3.05) is 19.4 Å². The zero-order valence-corrected chi connectivity index (χ0v) is 16.4. The summed E-state index contributed by atoms with van der Waals surface area (Å²) in [5.74, 6) is -1.66. The van der Waals surface area contributed by atoms with Crippen LogP contribution in [0.1, 0.15) is 27.7 Å². The number of halogens is 4. The van der Waals surface area contributed by atoms with E-state index in [4.69, 9.17) is 10.5 Å². The van der Waals surface area contributed by atoms with Crippen molar-refractivity contribution in [1.29, 1.82) is 0 Å². The number of benzene rings is 1. The van der Waals surface area contributed by atoms with E-state index in [1.165, 1.54) is 36.7 Å². The molecule has 0 aliphatic carbocycles. The maximum absolute atomic E-state index is 14.6. The van der Waals surface area contributed by atoms with E-state index in [1.807, 2.05) is 0 Å². The summed E-state index contributed by atoms with van der Waals surface area (Å²) < 4.78 is 60.4. The Kier molecular flexibility index (Phi) is 4.23. The largest absolute Gasteiger partial charge is 0.491 e. The molecular formula is C20H14F4N6O2. The molecule has 4 heterocycles. The SMILES string of the molecule is CN(C(=O)c1cc2c(cn1)nc(N)c1cncn12)C1COc2cc(C(F)(F)F)cc(F)c21. The fourth-order valence-corrected chi connectivity index (χ4v) is 3.78. The molecule has 1 unspecified atom stereocenters. The van der Waals surface area contributed by atoms with E-state index in [0.717, 1.165) is 6.07 Å². The van der Waals surface area contributed by atoms with Crippen LogP contribution in [0, 0.1) is 5.82 Å². The van der Waals surface area contributed by atoms with Gasteiger partial charge in [0.15, 0.2) is 0 Å². The first-order chi connectivity index (χ1) is 15.1. The van der Waals surface area contributed by atoms with Gasteiger partial charge in [-0.05, 0) is 18.2 Å². The first-order valence-corrected chi connectivity index (χ1v) is 9.33. The number of carbonyl (C=O) groups excluding carboxylic acids is 1. The van der Waals surface area contributed by atoms with E-state index in [9.17, 15) is 22.4 Å². The minimum absolute atomic E-state index is 0.0299. The Bertz CT molecular complexity index is 1400. The summed E-state index contributed by atoms with van der Waals surface area (Å²) in [6.07, 6.45) is -0.297. The van der Waals surface area contributed by atoms with Crippen molar-refractivity contribution in [1.82, 2.24) is 24.3 Å². The minimum atomic E-state index is -4.72. The molecule has 0 spiro atoms. The molecule has 0 saturated carbocycles. The van der Waals surface area contributed by atoms with Crippen molar-refractivity contribution in [2.24, 2.45) is 0 Å². The molecule has 4 aromatic rings. The molecule has 32 heavy (non-hydrogen) atoms. The summed E-state index contributed by atoms with van der Waals surface area (Å²) in [5.41, 5.74) is 6.18. The lowest BCUT2D eigenvalue weighted by molar-refractivity contribution is -0.137. The average Bonchev–Trinajstić information content (AvgIpc) is 3.40. The zero-order chi connectivity index (χ0) is 22.8. The second kappa shape index (κ2) is 6.77. The maximum Gasteiger partial charge on any atom is 0.416 e. The van der Waals surface area contributed by atoms with Gasteiger partial charge in [-0.15, -0.1) is 0 Å². The predicted octanol–water partition coefficient (Wildman–Crippen LogP) is 3.22. The summed E-state index contributed by atoms with van der Waals surface area (Å²) in [6.45, 7) is -0.187. The van der Waals surface area contributed by atoms with Crippen LogP contribution in [-0.4, -0.2) is 43.8 Å². The summed E-state index contributed by atoms with van der Waals surface area (Å²) in [5, 5.41) is 0. The van der Waals surface area contributed by atoms with E-state index in [-0.39, 0.29) is 29.4 Å². The van der Waals surface area contributed by atoms with Crippen molar-refractivity contribution in [3.63, 3.8) is 0 Å². The number of nitrogens with two attached hydrogens (primary N) is 1. The van der Waals surface area contributed by atoms with Gasteiger partial charge in [-0.3, -0.25) is 9.20 Å². The number of hydrogen-bond acceptors (Lipinski definition) is 6. The summed E-state index contributed by atoms with van der Waals surface area (Å²) >= 11 is 0. The van der Waals surface area contributed by atoms with Crippen LogP contribution in [0.25, 0.3) is 16.6 Å². The molecule has 5 rings (SSSR count). The van der Waals surface area contributed by atoms with Crippen molar-refractivity contribution < 1.29 is 27.1 Å². The third kappa shape index (κ3) is 2.98. The maximum atomic E-state index is 14.6. The number of amides is 1. The second-order valence-corrected chi connectivity index (χ2v) is 7.31. The molecule has 0 saturated heterocycles. The van der Waals surface area contributed by atoms with Gasteiger partial charge in [-0.25, -0.2) is 19.3 Å². The number of alkyl halides is 3. The van der Waals surface area contributed by atoms with E-state index in [1.54, 1.807) is 4.40 Å². The highest BCUT2D eigenvalue weighted by Crippen LogP contribution is 2.42. The number of nitrogens with zero attached hydrogens (tertiary/aromatic N) is 5. The van der Waals surface area contributed by atoms with Crippen LogP contribution in [0.15, 0.2) is 36.9 Å². The number of hydrogen-bond donors (Lipinski definition) is 1. The average molecular weight is 446 g/mol. The Balaban J connectivity index is 1.51. The first-order valence-electron chi connectivity index (χ1n) is 9.33. The lowest BCUT2D eigenvalue weighted by atomic mass is 10.0. The van der Waals surface area contributed by atoms with E-state index < -0.39 is 29.5 Å². The number of aromatic nitrogens is 4. The molecule has 8 nitrogen and oxygen atoms in total. The van der Waals surface area contributed by atoms with Crippen LogP contribution < -0.4 is 10.5 Å². The number of ether oxygens (including phenoxy) is 1. The van der Waals surface area contributed by atoms with Crippen LogP contribution in [0.3, 0.4) is 0 Å².